The Labute approximate surface area is 226 Å². The lowest BCUT2D eigenvalue weighted by atomic mass is 10.0. The van der Waals surface area contributed by atoms with Crippen LogP contribution in [0, 0.1) is 41.8 Å². The van der Waals surface area contributed by atoms with E-state index in [4.69, 9.17) is 0 Å². The van der Waals surface area contributed by atoms with Gasteiger partial charge < -0.3 is 4.74 Å². The summed E-state index contributed by atoms with van der Waals surface area (Å²) in [5, 5.41) is 0. The average Bonchev–Trinajstić information content (AvgIpc) is 2.83. The molecule has 4 rings (SSSR count). The molecule has 218 valence electrons. The third kappa shape index (κ3) is 6.63. The molecule has 0 fully saturated rings. The molecule has 41 heavy (non-hydrogen) atoms. The number of hydrogen-bond donors (Lipinski definition) is 0. The van der Waals surface area contributed by atoms with Crippen molar-refractivity contribution in [1.82, 2.24) is 0 Å². The number of halogens is 11. The summed E-state index contributed by atoms with van der Waals surface area (Å²) in [6, 6.07) is 6.61. The van der Waals surface area contributed by atoms with Gasteiger partial charge in [-0.1, -0.05) is 26.0 Å². The topological polar surface area (TPSA) is 9.23 Å². The van der Waals surface area contributed by atoms with Crippen molar-refractivity contribution in [2.24, 2.45) is 0 Å². The predicted octanol–water partition coefficient (Wildman–Crippen LogP) is 10.3. The van der Waals surface area contributed by atoms with Gasteiger partial charge in [0.05, 0.1) is 0 Å². The molecule has 0 heterocycles. The van der Waals surface area contributed by atoms with Crippen LogP contribution < -0.4 is 4.74 Å². The molecule has 4 aromatic carbocycles. The Bertz CT molecular complexity index is 1530. The van der Waals surface area contributed by atoms with Crippen molar-refractivity contribution in [3.05, 3.63) is 112 Å². The molecule has 1 nitrogen and oxygen atoms in total. The third-order valence-corrected chi connectivity index (χ3v) is 5.59. The number of ether oxygens (including phenoxy) is 1. The van der Waals surface area contributed by atoms with Crippen molar-refractivity contribution >= 4 is 0 Å². The van der Waals surface area contributed by atoms with Gasteiger partial charge in [-0.3, -0.25) is 0 Å². The SMILES string of the molecule is CC.Cc1ccc(-c2cc(F)c(C(F)(F)Oc3ccc(-c4cc(F)c(C(F)(F)F)c(F)c4)c(F)c3)c(F)c2)c(F)c1. The molecule has 0 bridgehead atoms. The number of aryl methyl sites for hydroxylation is 1. The second-order valence-electron chi connectivity index (χ2n) is 8.37. The Morgan fingerprint density at radius 3 is 1.34 bits per heavy atom. The Kier molecular flexibility index (Phi) is 9.04. The van der Waals surface area contributed by atoms with Gasteiger partial charge in [-0.15, -0.1) is 0 Å². The molecule has 0 radical (unpaired) electrons. The number of benzene rings is 4. The van der Waals surface area contributed by atoms with Crippen molar-refractivity contribution in [3.63, 3.8) is 0 Å². The van der Waals surface area contributed by atoms with E-state index in [0.717, 1.165) is 6.07 Å². The Morgan fingerprint density at radius 1 is 0.512 bits per heavy atom. The van der Waals surface area contributed by atoms with Crippen LogP contribution in [-0.4, -0.2) is 0 Å². The number of alkyl halides is 5. The highest BCUT2D eigenvalue weighted by atomic mass is 19.4. The maximum atomic E-state index is 14.7. The van der Waals surface area contributed by atoms with Crippen molar-refractivity contribution in [1.29, 1.82) is 0 Å². The van der Waals surface area contributed by atoms with Crippen molar-refractivity contribution in [2.45, 2.75) is 33.1 Å². The summed E-state index contributed by atoms with van der Waals surface area (Å²) in [5.41, 5.74) is -5.58. The monoisotopic (exact) mass is 592 g/mol. The van der Waals surface area contributed by atoms with Gasteiger partial charge in [-0.2, -0.15) is 22.0 Å². The van der Waals surface area contributed by atoms with E-state index in [-0.39, 0.29) is 29.3 Å². The first-order chi connectivity index (χ1) is 19.1. The smallest absolute Gasteiger partial charge is 0.429 e. The van der Waals surface area contributed by atoms with Crippen LogP contribution in [0.3, 0.4) is 0 Å². The highest BCUT2D eigenvalue weighted by Gasteiger charge is 2.42. The van der Waals surface area contributed by atoms with Crippen LogP contribution in [0.15, 0.2) is 60.7 Å². The zero-order valence-corrected chi connectivity index (χ0v) is 21.3. The first-order valence-corrected chi connectivity index (χ1v) is 11.8. The molecule has 0 aliphatic rings. The van der Waals surface area contributed by atoms with Crippen LogP contribution in [0.1, 0.15) is 30.5 Å². The van der Waals surface area contributed by atoms with E-state index in [2.05, 4.69) is 4.74 Å². The van der Waals surface area contributed by atoms with Crippen LogP contribution in [-0.2, 0) is 12.3 Å². The minimum Gasteiger partial charge on any atom is -0.429 e. The van der Waals surface area contributed by atoms with Crippen molar-refractivity contribution < 1.29 is 53.0 Å². The molecule has 0 spiro atoms. The van der Waals surface area contributed by atoms with E-state index < -0.39 is 75.2 Å². The highest BCUT2D eigenvalue weighted by molar-refractivity contribution is 5.67. The normalized spacial score (nSPS) is 11.7. The number of hydrogen-bond acceptors (Lipinski definition) is 1. The van der Waals surface area contributed by atoms with E-state index in [1.165, 1.54) is 12.1 Å². The molecule has 0 aliphatic carbocycles. The van der Waals surface area contributed by atoms with Gasteiger partial charge in [0.1, 0.15) is 51.8 Å². The van der Waals surface area contributed by atoms with E-state index in [9.17, 15) is 48.3 Å². The van der Waals surface area contributed by atoms with E-state index >= 15 is 0 Å². The molecule has 12 heteroatoms. The molecule has 0 unspecified atom stereocenters. The largest absolute Gasteiger partial charge is 0.432 e. The lowest BCUT2D eigenvalue weighted by Crippen LogP contribution is -2.25. The molecule has 0 N–H and O–H groups in total. The van der Waals surface area contributed by atoms with Crippen LogP contribution in [0.5, 0.6) is 5.75 Å². The maximum absolute atomic E-state index is 14.7. The summed E-state index contributed by atoms with van der Waals surface area (Å²) in [6.45, 7) is 5.56. The Balaban J connectivity index is 0.00000226. The van der Waals surface area contributed by atoms with Crippen LogP contribution >= 0.6 is 0 Å². The van der Waals surface area contributed by atoms with Gasteiger partial charge in [-0.25, -0.2) is 26.3 Å². The predicted molar refractivity (Wildman–Crippen MR) is 129 cm³/mol. The average molecular weight is 592 g/mol. The van der Waals surface area contributed by atoms with Crippen molar-refractivity contribution in [3.8, 4) is 28.0 Å². The standard InChI is InChI=1S/C27H13F11O.C2H6/c1-12-2-4-16(18(28)6-12)14-9-22(32)25(23(33)10-14)27(37,38)39-15-3-5-17(19(29)11-15)13-7-20(30)24(21(31)8-13)26(34,35)36;1-2/h2-11H,1H3;1-2H3. The van der Waals surface area contributed by atoms with Gasteiger partial charge in [0.25, 0.3) is 0 Å². The maximum Gasteiger partial charge on any atom is 0.432 e. The Hall–Kier alpha value is -4.09. The quantitative estimate of drug-likeness (QED) is 0.210. The van der Waals surface area contributed by atoms with Crippen LogP contribution in [0.4, 0.5) is 48.3 Å². The third-order valence-electron chi connectivity index (χ3n) is 5.59. The fraction of sp³-hybridized carbons (Fsp3) is 0.172. The molecule has 0 aliphatic heterocycles. The fourth-order valence-corrected chi connectivity index (χ4v) is 3.85. The summed E-state index contributed by atoms with van der Waals surface area (Å²) >= 11 is 0. The number of rotatable bonds is 5. The lowest BCUT2D eigenvalue weighted by molar-refractivity contribution is -0.189. The molecular formula is C29H19F11O. The van der Waals surface area contributed by atoms with Gasteiger partial charge in [0.2, 0.25) is 0 Å². The molecule has 4 aromatic rings. The minimum absolute atomic E-state index is 0.197. The van der Waals surface area contributed by atoms with Gasteiger partial charge in [-0.05, 0) is 66.1 Å². The van der Waals surface area contributed by atoms with Gasteiger partial charge in [0.15, 0.2) is 0 Å². The van der Waals surface area contributed by atoms with Crippen LogP contribution in [0.2, 0.25) is 0 Å². The summed E-state index contributed by atoms with van der Waals surface area (Å²) in [6.07, 6.45) is -10.1. The Morgan fingerprint density at radius 2 is 0.927 bits per heavy atom. The molecular weight excluding hydrogens is 573 g/mol. The molecule has 0 aromatic heterocycles. The second-order valence-corrected chi connectivity index (χ2v) is 8.37. The molecule has 0 atom stereocenters. The summed E-state index contributed by atoms with van der Waals surface area (Å²) < 4.78 is 158. The zero-order chi connectivity index (χ0) is 30.9. The molecule has 0 saturated heterocycles. The summed E-state index contributed by atoms with van der Waals surface area (Å²) in [4.78, 5) is 0. The minimum atomic E-state index is -5.37. The zero-order valence-electron chi connectivity index (χ0n) is 21.3. The second kappa shape index (κ2) is 11.8. The summed E-state index contributed by atoms with van der Waals surface area (Å²) in [7, 11) is 0. The lowest BCUT2D eigenvalue weighted by Gasteiger charge is -2.20. The van der Waals surface area contributed by atoms with Crippen molar-refractivity contribution in [2.75, 3.05) is 0 Å². The van der Waals surface area contributed by atoms with Gasteiger partial charge in [0, 0.05) is 17.2 Å². The summed E-state index contributed by atoms with van der Waals surface area (Å²) in [5.74, 6) is -11.0. The van der Waals surface area contributed by atoms with Crippen LogP contribution in [0.25, 0.3) is 22.3 Å². The highest BCUT2D eigenvalue weighted by Crippen LogP contribution is 2.40. The van der Waals surface area contributed by atoms with E-state index in [1.807, 2.05) is 13.8 Å². The molecule has 0 saturated carbocycles. The molecule has 0 amide bonds. The first kappa shape index (κ1) is 31.4. The van der Waals surface area contributed by atoms with Gasteiger partial charge >= 0.3 is 12.3 Å². The first-order valence-electron chi connectivity index (χ1n) is 11.8. The fourth-order valence-electron chi connectivity index (χ4n) is 3.85. The van der Waals surface area contributed by atoms with E-state index in [1.54, 1.807) is 6.92 Å². The van der Waals surface area contributed by atoms with E-state index in [0.29, 0.717) is 29.8 Å².